The summed E-state index contributed by atoms with van der Waals surface area (Å²) in [6.07, 6.45) is 0. The molecular formula is C25H26ClFN4O4. The standard InChI is InChI=1S/C25H26ClFN4O4/c1-5-29(6-2)11-12-35-22(32)19-10-9-18(14-21(19)27)31-24(34)30(23(33)25(31,3)4)17-8-7-16(15-28)20(26)13-17/h7-10,13-14H,5-6,11-12H2,1-4H3. The molecular weight excluding hydrogens is 475 g/mol. The summed E-state index contributed by atoms with van der Waals surface area (Å²) in [6, 6.07) is 9.07. The molecule has 1 aliphatic heterocycles. The number of benzene rings is 2. The minimum atomic E-state index is -1.35. The van der Waals surface area contributed by atoms with Gasteiger partial charge in [0.05, 0.1) is 21.8 Å². The number of likely N-dealkylation sites (N-methyl/N-ethyl adjacent to an activating group) is 1. The fourth-order valence-electron chi connectivity index (χ4n) is 3.88. The number of amides is 3. The van der Waals surface area contributed by atoms with Crippen LogP contribution in [0.3, 0.4) is 0 Å². The van der Waals surface area contributed by atoms with Crippen molar-refractivity contribution in [1.29, 1.82) is 5.26 Å². The molecule has 0 spiro atoms. The van der Waals surface area contributed by atoms with Crippen molar-refractivity contribution in [3.05, 3.63) is 58.4 Å². The minimum absolute atomic E-state index is 0.0942. The fourth-order valence-corrected chi connectivity index (χ4v) is 4.10. The second-order valence-electron chi connectivity index (χ2n) is 8.42. The highest BCUT2D eigenvalue weighted by molar-refractivity contribution is 6.33. The van der Waals surface area contributed by atoms with Gasteiger partial charge in [-0.25, -0.2) is 18.9 Å². The molecule has 0 radical (unpaired) electrons. The summed E-state index contributed by atoms with van der Waals surface area (Å²) in [5.41, 5.74) is -1.12. The Kier molecular flexibility index (Phi) is 7.78. The lowest BCUT2D eigenvalue weighted by Gasteiger charge is -2.27. The number of rotatable bonds is 8. The Morgan fingerprint density at radius 3 is 2.37 bits per heavy atom. The van der Waals surface area contributed by atoms with Gasteiger partial charge >= 0.3 is 12.0 Å². The number of carbonyl (C=O) groups excluding carboxylic acids is 3. The summed E-state index contributed by atoms with van der Waals surface area (Å²) in [5, 5.41) is 9.17. The predicted octanol–water partition coefficient (Wildman–Crippen LogP) is 4.60. The Hall–Kier alpha value is -3.48. The second-order valence-corrected chi connectivity index (χ2v) is 8.83. The number of carbonyl (C=O) groups is 3. The maximum Gasteiger partial charge on any atom is 0.341 e. The first-order valence-electron chi connectivity index (χ1n) is 11.1. The first kappa shape index (κ1) is 26.1. The SMILES string of the molecule is CCN(CC)CCOC(=O)c1ccc(N2C(=O)N(c3ccc(C#N)c(Cl)c3)C(=O)C2(C)C)cc1F. The molecule has 0 N–H and O–H groups in total. The molecule has 8 nitrogen and oxygen atoms in total. The Morgan fingerprint density at radius 1 is 1.14 bits per heavy atom. The number of esters is 1. The maximum atomic E-state index is 14.9. The lowest BCUT2D eigenvalue weighted by molar-refractivity contribution is -0.120. The molecule has 0 saturated carbocycles. The van der Waals surface area contributed by atoms with Crippen LogP contribution in [-0.4, -0.2) is 54.6 Å². The van der Waals surface area contributed by atoms with Gasteiger partial charge in [-0.15, -0.1) is 0 Å². The smallest absolute Gasteiger partial charge is 0.341 e. The first-order chi connectivity index (χ1) is 16.6. The van der Waals surface area contributed by atoms with Crippen molar-refractivity contribution >= 4 is 40.9 Å². The van der Waals surface area contributed by atoms with E-state index in [1.807, 2.05) is 19.9 Å². The molecule has 2 aromatic rings. The Bertz CT molecular complexity index is 1210. The molecule has 1 saturated heterocycles. The highest BCUT2D eigenvalue weighted by Gasteiger charge is 2.52. The molecule has 10 heteroatoms. The van der Waals surface area contributed by atoms with Gasteiger partial charge in [-0.05, 0) is 63.3 Å². The number of anilines is 2. The Labute approximate surface area is 208 Å². The van der Waals surface area contributed by atoms with E-state index in [2.05, 4.69) is 4.90 Å². The summed E-state index contributed by atoms with van der Waals surface area (Å²) in [5.74, 6) is -2.23. The van der Waals surface area contributed by atoms with Crippen molar-refractivity contribution in [2.24, 2.45) is 0 Å². The number of hydrogen-bond acceptors (Lipinski definition) is 6. The molecule has 0 bridgehead atoms. The third-order valence-electron chi connectivity index (χ3n) is 5.97. The molecule has 0 aliphatic carbocycles. The van der Waals surface area contributed by atoms with Gasteiger partial charge in [-0.1, -0.05) is 25.4 Å². The minimum Gasteiger partial charge on any atom is -0.461 e. The number of halogens is 2. The normalized spacial score (nSPS) is 15.0. The van der Waals surface area contributed by atoms with Crippen molar-refractivity contribution in [3.8, 4) is 6.07 Å². The largest absolute Gasteiger partial charge is 0.461 e. The monoisotopic (exact) mass is 500 g/mol. The van der Waals surface area contributed by atoms with Crippen LogP contribution in [-0.2, 0) is 9.53 Å². The summed E-state index contributed by atoms with van der Waals surface area (Å²) < 4.78 is 20.1. The van der Waals surface area contributed by atoms with Crippen LogP contribution in [0.25, 0.3) is 0 Å². The lowest BCUT2D eigenvalue weighted by Crippen LogP contribution is -2.44. The number of imide groups is 1. The zero-order chi connectivity index (χ0) is 25.9. The van der Waals surface area contributed by atoms with Crippen molar-refractivity contribution in [2.45, 2.75) is 33.2 Å². The zero-order valence-electron chi connectivity index (χ0n) is 20.0. The quantitative estimate of drug-likeness (QED) is 0.388. The third-order valence-corrected chi connectivity index (χ3v) is 6.28. The van der Waals surface area contributed by atoms with Crippen molar-refractivity contribution < 1.29 is 23.5 Å². The van der Waals surface area contributed by atoms with E-state index in [4.69, 9.17) is 21.6 Å². The van der Waals surface area contributed by atoms with E-state index in [0.717, 1.165) is 29.0 Å². The lowest BCUT2D eigenvalue weighted by atomic mass is 10.0. The van der Waals surface area contributed by atoms with Crippen LogP contribution in [0.5, 0.6) is 0 Å². The molecule has 1 heterocycles. The number of urea groups is 1. The molecule has 3 amide bonds. The zero-order valence-corrected chi connectivity index (χ0v) is 20.7. The molecule has 3 rings (SSSR count). The van der Waals surface area contributed by atoms with E-state index in [9.17, 15) is 18.8 Å². The molecule has 0 aromatic heterocycles. The van der Waals surface area contributed by atoms with Crippen LogP contribution in [0.2, 0.25) is 5.02 Å². The van der Waals surface area contributed by atoms with E-state index in [-0.39, 0.29) is 34.1 Å². The van der Waals surface area contributed by atoms with Gasteiger partial charge in [-0.2, -0.15) is 5.26 Å². The summed E-state index contributed by atoms with van der Waals surface area (Å²) in [4.78, 5) is 43.0. The van der Waals surface area contributed by atoms with Gasteiger partial charge in [0.15, 0.2) is 0 Å². The average molecular weight is 501 g/mol. The van der Waals surface area contributed by atoms with E-state index < -0.39 is 29.3 Å². The van der Waals surface area contributed by atoms with Crippen LogP contribution in [0.4, 0.5) is 20.6 Å². The molecule has 1 aliphatic rings. The van der Waals surface area contributed by atoms with Crippen LogP contribution in [0, 0.1) is 17.1 Å². The van der Waals surface area contributed by atoms with Crippen LogP contribution in [0.15, 0.2) is 36.4 Å². The number of nitrogens with zero attached hydrogens (tertiary/aromatic N) is 4. The molecule has 2 aromatic carbocycles. The number of nitriles is 1. The van der Waals surface area contributed by atoms with Gasteiger partial charge < -0.3 is 9.64 Å². The van der Waals surface area contributed by atoms with E-state index in [1.165, 1.54) is 44.2 Å². The van der Waals surface area contributed by atoms with Gasteiger partial charge in [0.2, 0.25) is 0 Å². The Morgan fingerprint density at radius 2 is 1.80 bits per heavy atom. The van der Waals surface area contributed by atoms with E-state index in [1.54, 1.807) is 0 Å². The molecule has 0 unspecified atom stereocenters. The Balaban J connectivity index is 1.85. The summed E-state index contributed by atoms with van der Waals surface area (Å²) in [7, 11) is 0. The van der Waals surface area contributed by atoms with Crippen molar-refractivity contribution in [2.75, 3.05) is 36.0 Å². The first-order valence-corrected chi connectivity index (χ1v) is 11.5. The van der Waals surface area contributed by atoms with Gasteiger partial charge in [0.25, 0.3) is 5.91 Å². The molecule has 1 fully saturated rings. The highest BCUT2D eigenvalue weighted by atomic mass is 35.5. The van der Waals surface area contributed by atoms with Crippen molar-refractivity contribution in [1.82, 2.24) is 4.90 Å². The number of hydrogen-bond donors (Lipinski definition) is 0. The van der Waals surface area contributed by atoms with Gasteiger partial charge in [0, 0.05) is 12.2 Å². The predicted molar refractivity (Wildman–Crippen MR) is 130 cm³/mol. The van der Waals surface area contributed by atoms with Crippen molar-refractivity contribution in [3.63, 3.8) is 0 Å². The molecule has 35 heavy (non-hydrogen) atoms. The molecule has 0 atom stereocenters. The van der Waals surface area contributed by atoms with Crippen LogP contribution >= 0.6 is 11.6 Å². The topological polar surface area (TPSA) is 93.9 Å². The second kappa shape index (κ2) is 10.4. The summed E-state index contributed by atoms with van der Waals surface area (Å²) >= 11 is 6.08. The summed E-state index contributed by atoms with van der Waals surface area (Å²) in [6.45, 7) is 9.32. The van der Waals surface area contributed by atoms with Gasteiger partial charge in [-0.3, -0.25) is 9.69 Å². The average Bonchev–Trinajstić information content (AvgIpc) is 2.99. The third kappa shape index (κ3) is 4.99. The highest BCUT2D eigenvalue weighted by Crippen LogP contribution is 2.37. The fraction of sp³-hybridized carbons (Fsp3) is 0.360. The van der Waals surface area contributed by atoms with Crippen LogP contribution < -0.4 is 9.80 Å². The number of ether oxygens (including phenoxy) is 1. The van der Waals surface area contributed by atoms with Crippen LogP contribution in [0.1, 0.15) is 43.6 Å². The maximum absolute atomic E-state index is 14.9. The van der Waals surface area contributed by atoms with E-state index >= 15 is 0 Å². The van der Waals surface area contributed by atoms with E-state index in [0.29, 0.717) is 6.54 Å². The molecule has 184 valence electrons. The van der Waals surface area contributed by atoms with Gasteiger partial charge in [0.1, 0.15) is 24.0 Å².